The first-order chi connectivity index (χ1) is 13.0. The SMILES string of the molecule is Cc1nc2c3c(c(OC(=O)N(C)C)cn2c1C)CCC(c1ccccc1)N3. The Morgan fingerprint density at radius 3 is 2.70 bits per heavy atom. The second-order valence-electron chi connectivity index (χ2n) is 7.23. The van der Waals surface area contributed by atoms with Gasteiger partial charge in [0.05, 0.1) is 23.6 Å². The van der Waals surface area contributed by atoms with Gasteiger partial charge in [-0.25, -0.2) is 9.78 Å². The van der Waals surface area contributed by atoms with E-state index in [0.29, 0.717) is 5.75 Å². The number of imidazole rings is 1. The van der Waals surface area contributed by atoms with E-state index in [2.05, 4.69) is 29.6 Å². The van der Waals surface area contributed by atoms with E-state index in [-0.39, 0.29) is 12.1 Å². The summed E-state index contributed by atoms with van der Waals surface area (Å²) in [6.45, 7) is 4.02. The number of carbonyl (C=O) groups is 1. The molecule has 3 heterocycles. The number of fused-ring (bicyclic) bond motifs is 3. The normalized spacial score (nSPS) is 15.9. The van der Waals surface area contributed by atoms with Crippen LogP contribution in [0.4, 0.5) is 10.5 Å². The van der Waals surface area contributed by atoms with E-state index < -0.39 is 0 Å². The van der Waals surface area contributed by atoms with E-state index in [4.69, 9.17) is 9.72 Å². The van der Waals surface area contributed by atoms with Gasteiger partial charge in [-0.15, -0.1) is 0 Å². The third-order valence-corrected chi connectivity index (χ3v) is 5.22. The number of amides is 1. The molecule has 1 atom stereocenters. The summed E-state index contributed by atoms with van der Waals surface area (Å²) >= 11 is 0. The van der Waals surface area contributed by atoms with Crippen molar-refractivity contribution in [3.63, 3.8) is 0 Å². The highest BCUT2D eigenvalue weighted by Crippen LogP contribution is 2.40. The van der Waals surface area contributed by atoms with Crippen molar-refractivity contribution in [2.75, 3.05) is 19.4 Å². The Hall–Kier alpha value is -3.02. The molecule has 0 radical (unpaired) electrons. The van der Waals surface area contributed by atoms with Crippen molar-refractivity contribution in [2.24, 2.45) is 0 Å². The van der Waals surface area contributed by atoms with E-state index in [1.807, 2.05) is 30.5 Å². The van der Waals surface area contributed by atoms with E-state index in [0.717, 1.165) is 41.1 Å². The maximum atomic E-state index is 12.2. The van der Waals surface area contributed by atoms with Crippen LogP contribution in [-0.2, 0) is 6.42 Å². The first-order valence-corrected chi connectivity index (χ1v) is 9.17. The van der Waals surface area contributed by atoms with Crippen LogP contribution in [0.25, 0.3) is 5.65 Å². The number of anilines is 1. The molecule has 140 valence electrons. The zero-order valence-corrected chi connectivity index (χ0v) is 16.1. The van der Waals surface area contributed by atoms with Crippen LogP contribution in [-0.4, -0.2) is 34.5 Å². The molecule has 1 aliphatic rings. The van der Waals surface area contributed by atoms with Gasteiger partial charge in [-0.1, -0.05) is 30.3 Å². The highest BCUT2D eigenvalue weighted by atomic mass is 16.6. The fourth-order valence-corrected chi connectivity index (χ4v) is 3.56. The van der Waals surface area contributed by atoms with Gasteiger partial charge in [-0.05, 0) is 32.3 Å². The fraction of sp³-hybridized carbons (Fsp3) is 0.333. The van der Waals surface area contributed by atoms with E-state index >= 15 is 0 Å². The lowest BCUT2D eigenvalue weighted by Crippen LogP contribution is -2.27. The number of hydrogen-bond donors (Lipinski definition) is 1. The Morgan fingerprint density at radius 1 is 1.26 bits per heavy atom. The van der Waals surface area contributed by atoms with Crippen molar-refractivity contribution < 1.29 is 9.53 Å². The number of nitrogens with one attached hydrogen (secondary N) is 1. The molecule has 27 heavy (non-hydrogen) atoms. The molecule has 3 aromatic rings. The number of pyridine rings is 1. The van der Waals surface area contributed by atoms with Crippen molar-refractivity contribution in [3.8, 4) is 5.75 Å². The van der Waals surface area contributed by atoms with Gasteiger partial charge in [0, 0.05) is 25.4 Å². The topological polar surface area (TPSA) is 58.9 Å². The monoisotopic (exact) mass is 364 g/mol. The van der Waals surface area contributed by atoms with Gasteiger partial charge in [0.2, 0.25) is 0 Å². The minimum Gasteiger partial charge on any atom is -0.408 e. The number of benzene rings is 1. The summed E-state index contributed by atoms with van der Waals surface area (Å²) in [4.78, 5) is 18.4. The van der Waals surface area contributed by atoms with Crippen LogP contribution in [0.3, 0.4) is 0 Å². The smallest absolute Gasteiger partial charge is 0.408 e. The lowest BCUT2D eigenvalue weighted by molar-refractivity contribution is 0.171. The standard InChI is InChI=1S/C21H24N4O2/c1-13-14(2)25-12-18(27-21(26)24(3)4)16-10-11-17(15-8-6-5-7-9-15)23-19(16)20(25)22-13/h5-9,12,17,23H,10-11H2,1-4H3. The quantitative estimate of drug-likeness (QED) is 0.743. The molecule has 1 aliphatic heterocycles. The Bertz CT molecular complexity index is 1010. The average molecular weight is 364 g/mol. The zero-order chi connectivity index (χ0) is 19.1. The maximum Gasteiger partial charge on any atom is 0.414 e. The molecule has 1 unspecified atom stereocenters. The van der Waals surface area contributed by atoms with Crippen molar-refractivity contribution in [3.05, 3.63) is 59.0 Å². The lowest BCUT2D eigenvalue weighted by atomic mass is 9.93. The largest absolute Gasteiger partial charge is 0.414 e. The molecular formula is C21H24N4O2. The first kappa shape index (κ1) is 17.4. The van der Waals surface area contributed by atoms with Crippen LogP contribution in [0.1, 0.15) is 35.0 Å². The molecule has 2 aromatic heterocycles. The first-order valence-electron chi connectivity index (χ1n) is 9.17. The zero-order valence-electron chi connectivity index (χ0n) is 16.1. The summed E-state index contributed by atoms with van der Waals surface area (Å²) in [7, 11) is 3.37. The molecule has 4 rings (SSSR count). The van der Waals surface area contributed by atoms with Crippen LogP contribution in [0, 0.1) is 13.8 Å². The van der Waals surface area contributed by atoms with Crippen molar-refractivity contribution in [1.82, 2.24) is 14.3 Å². The lowest BCUT2D eigenvalue weighted by Gasteiger charge is -2.29. The predicted octanol–water partition coefficient (Wildman–Crippen LogP) is 4.11. The average Bonchev–Trinajstić information content (AvgIpc) is 2.96. The minimum atomic E-state index is -0.378. The molecule has 0 aliphatic carbocycles. The molecule has 6 heteroatoms. The molecule has 0 spiro atoms. The maximum absolute atomic E-state index is 12.2. The van der Waals surface area contributed by atoms with Gasteiger partial charge >= 0.3 is 6.09 Å². The molecule has 1 amide bonds. The summed E-state index contributed by atoms with van der Waals surface area (Å²) in [5.74, 6) is 0.593. The van der Waals surface area contributed by atoms with Gasteiger partial charge in [-0.2, -0.15) is 0 Å². The van der Waals surface area contributed by atoms with Crippen molar-refractivity contribution in [2.45, 2.75) is 32.7 Å². The third-order valence-electron chi connectivity index (χ3n) is 5.22. The molecular weight excluding hydrogens is 340 g/mol. The van der Waals surface area contributed by atoms with Crippen molar-refractivity contribution in [1.29, 1.82) is 0 Å². The van der Waals surface area contributed by atoms with E-state index in [9.17, 15) is 4.79 Å². The summed E-state index contributed by atoms with van der Waals surface area (Å²) in [5, 5.41) is 3.65. The Kier molecular flexibility index (Phi) is 4.26. The number of aromatic nitrogens is 2. The number of nitrogens with zero attached hydrogens (tertiary/aromatic N) is 3. The van der Waals surface area contributed by atoms with Crippen LogP contribution in [0.2, 0.25) is 0 Å². The third kappa shape index (κ3) is 3.01. The number of rotatable bonds is 2. The molecule has 1 N–H and O–H groups in total. The van der Waals surface area contributed by atoms with Crippen molar-refractivity contribution >= 4 is 17.4 Å². The van der Waals surface area contributed by atoms with Gasteiger partial charge < -0.3 is 15.0 Å². The van der Waals surface area contributed by atoms with Gasteiger partial charge in [0.25, 0.3) is 0 Å². The molecule has 6 nitrogen and oxygen atoms in total. The van der Waals surface area contributed by atoms with Gasteiger partial charge in [0.15, 0.2) is 11.4 Å². The second-order valence-corrected chi connectivity index (χ2v) is 7.23. The van der Waals surface area contributed by atoms with Crippen LogP contribution >= 0.6 is 0 Å². The van der Waals surface area contributed by atoms with E-state index in [1.165, 1.54) is 10.5 Å². The molecule has 1 aromatic carbocycles. The summed E-state index contributed by atoms with van der Waals surface area (Å²) in [6.07, 6.45) is 3.25. The Labute approximate surface area is 158 Å². The summed E-state index contributed by atoms with van der Waals surface area (Å²) in [5.41, 5.74) is 6.10. The highest BCUT2D eigenvalue weighted by molar-refractivity contribution is 5.79. The fourth-order valence-electron chi connectivity index (χ4n) is 3.56. The number of hydrogen-bond acceptors (Lipinski definition) is 4. The summed E-state index contributed by atoms with van der Waals surface area (Å²) < 4.78 is 7.69. The predicted molar refractivity (Wildman–Crippen MR) is 106 cm³/mol. The Morgan fingerprint density at radius 2 is 2.00 bits per heavy atom. The van der Waals surface area contributed by atoms with Crippen LogP contribution in [0.15, 0.2) is 36.5 Å². The number of aryl methyl sites for hydroxylation is 2. The number of ether oxygens (including phenoxy) is 1. The van der Waals surface area contributed by atoms with Gasteiger partial charge in [-0.3, -0.25) is 4.40 Å². The molecule has 0 saturated heterocycles. The number of carbonyl (C=O) groups excluding carboxylic acids is 1. The highest BCUT2D eigenvalue weighted by Gasteiger charge is 2.27. The van der Waals surface area contributed by atoms with Gasteiger partial charge in [0.1, 0.15) is 0 Å². The molecule has 0 bridgehead atoms. The van der Waals surface area contributed by atoms with Crippen LogP contribution < -0.4 is 10.1 Å². The molecule has 0 saturated carbocycles. The Balaban J connectivity index is 1.83. The van der Waals surface area contributed by atoms with E-state index in [1.54, 1.807) is 14.1 Å². The summed E-state index contributed by atoms with van der Waals surface area (Å²) in [6, 6.07) is 10.6. The second kappa shape index (κ2) is 6.61. The molecule has 0 fully saturated rings. The van der Waals surface area contributed by atoms with Crippen LogP contribution in [0.5, 0.6) is 5.75 Å². The minimum absolute atomic E-state index is 0.208.